The van der Waals surface area contributed by atoms with Gasteiger partial charge in [0.2, 0.25) is 0 Å². The lowest BCUT2D eigenvalue weighted by Gasteiger charge is -2.21. The topological polar surface area (TPSA) is 70.6 Å². The monoisotopic (exact) mass is 284 g/mol. The normalized spacial score (nSPS) is 14.6. The number of hydrogen-bond donors (Lipinski definition) is 3. The number of ether oxygens (including phenoxy) is 1. The highest BCUT2D eigenvalue weighted by molar-refractivity contribution is 5.95. The molecule has 5 heteroatoms. The van der Waals surface area contributed by atoms with Gasteiger partial charge in [-0.25, -0.2) is 0 Å². The number of hydrogen-bond acceptors (Lipinski definition) is 4. The van der Waals surface area contributed by atoms with Gasteiger partial charge < -0.3 is 20.5 Å². The number of anilines is 2. The van der Waals surface area contributed by atoms with E-state index in [9.17, 15) is 9.90 Å². The Morgan fingerprint density at radius 3 is 2.95 bits per heavy atom. The Bertz CT molecular complexity index is 685. The smallest absolute Gasteiger partial charge is 0.262 e. The molecular formula is C16H16N2O3. The van der Waals surface area contributed by atoms with Crippen LogP contribution in [-0.2, 0) is 4.79 Å². The number of fused-ring (bicyclic) bond motifs is 1. The van der Waals surface area contributed by atoms with Crippen molar-refractivity contribution in [2.45, 2.75) is 13.0 Å². The predicted molar refractivity (Wildman–Crippen MR) is 80.7 cm³/mol. The van der Waals surface area contributed by atoms with E-state index in [2.05, 4.69) is 10.6 Å². The fourth-order valence-electron chi connectivity index (χ4n) is 2.30. The van der Waals surface area contributed by atoms with Crippen molar-refractivity contribution in [2.24, 2.45) is 0 Å². The summed E-state index contributed by atoms with van der Waals surface area (Å²) in [5.41, 5.74) is 2.54. The van der Waals surface area contributed by atoms with Gasteiger partial charge in [-0.15, -0.1) is 0 Å². The molecule has 2 aromatic carbocycles. The van der Waals surface area contributed by atoms with Gasteiger partial charge >= 0.3 is 0 Å². The van der Waals surface area contributed by atoms with Gasteiger partial charge in [0.25, 0.3) is 5.91 Å². The number of nitrogens with one attached hydrogen (secondary N) is 2. The summed E-state index contributed by atoms with van der Waals surface area (Å²) in [5.74, 6) is 0.759. The maximum absolute atomic E-state index is 11.4. The van der Waals surface area contributed by atoms with Gasteiger partial charge in [-0.05, 0) is 36.8 Å². The molecule has 2 aromatic rings. The molecule has 1 heterocycles. The van der Waals surface area contributed by atoms with E-state index in [1.807, 2.05) is 31.2 Å². The van der Waals surface area contributed by atoms with Crippen molar-refractivity contribution in [3.05, 3.63) is 48.0 Å². The average Bonchev–Trinajstić information content (AvgIpc) is 2.46. The first-order valence-corrected chi connectivity index (χ1v) is 6.74. The zero-order valence-corrected chi connectivity index (χ0v) is 11.6. The molecule has 5 nitrogen and oxygen atoms in total. The summed E-state index contributed by atoms with van der Waals surface area (Å²) in [7, 11) is 0. The minimum atomic E-state index is -0.145. The molecule has 0 radical (unpaired) electrons. The average molecular weight is 284 g/mol. The summed E-state index contributed by atoms with van der Waals surface area (Å²) in [4.78, 5) is 11.4. The van der Waals surface area contributed by atoms with Gasteiger partial charge in [0, 0.05) is 17.8 Å². The Balaban J connectivity index is 1.80. The van der Waals surface area contributed by atoms with Crippen LogP contribution in [0.5, 0.6) is 11.5 Å². The van der Waals surface area contributed by atoms with Crippen LogP contribution in [0.2, 0.25) is 0 Å². The summed E-state index contributed by atoms with van der Waals surface area (Å²) < 4.78 is 5.34. The van der Waals surface area contributed by atoms with Crippen LogP contribution >= 0.6 is 0 Å². The van der Waals surface area contributed by atoms with Crippen LogP contribution in [0, 0.1) is 0 Å². The van der Waals surface area contributed by atoms with Crippen LogP contribution in [0.25, 0.3) is 0 Å². The van der Waals surface area contributed by atoms with Gasteiger partial charge in [0.05, 0.1) is 5.69 Å². The third kappa shape index (κ3) is 2.91. The summed E-state index contributed by atoms with van der Waals surface area (Å²) in [6, 6.07) is 12.7. The van der Waals surface area contributed by atoms with E-state index in [1.165, 1.54) is 0 Å². The summed E-state index contributed by atoms with van der Waals surface area (Å²) >= 11 is 0. The molecule has 0 spiro atoms. The third-order valence-corrected chi connectivity index (χ3v) is 3.37. The molecule has 0 saturated carbocycles. The molecule has 0 aromatic heterocycles. The molecule has 3 rings (SSSR count). The molecule has 108 valence electrons. The molecule has 0 bridgehead atoms. The lowest BCUT2D eigenvalue weighted by atomic mass is 10.1. The van der Waals surface area contributed by atoms with E-state index in [0.29, 0.717) is 11.4 Å². The number of phenolic OH excluding ortho intramolecular Hbond substituents is 1. The van der Waals surface area contributed by atoms with E-state index >= 15 is 0 Å². The Kier molecular flexibility index (Phi) is 3.39. The van der Waals surface area contributed by atoms with Crippen LogP contribution in [-0.4, -0.2) is 17.6 Å². The number of benzene rings is 2. The van der Waals surface area contributed by atoms with Gasteiger partial charge in [-0.1, -0.05) is 12.1 Å². The summed E-state index contributed by atoms with van der Waals surface area (Å²) in [6.45, 7) is 2.07. The number of rotatable bonds is 3. The minimum absolute atomic E-state index is 0.0240. The van der Waals surface area contributed by atoms with E-state index in [1.54, 1.807) is 18.2 Å². The highest BCUT2D eigenvalue weighted by Gasteiger charge is 2.17. The van der Waals surface area contributed by atoms with Crippen molar-refractivity contribution in [1.82, 2.24) is 0 Å². The summed E-state index contributed by atoms with van der Waals surface area (Å²) in [5, 5.41) is 15.6. The molecule has 0 aliphatic carbocycles. The van der Waals surface area contributed by atoms with Crippen molar-refractivity contribution in [3.63, 3.8) is 0 Å². The van der Waals surface area contributed by atoms with Crippen LogP contribution in [0.1, 0.15) is 18.5 Å². The van der Waals surface area contributed by atoms with E-state index < -0.39 is 0 Å². The van der Waals surface area contributed by atoms with Crippen molar-refractivity contribution in [1.29, 1.82) is 0 Å². The van der Waals surface area contributed by atoms with Gasteiger partial charge in [-0.2, -0.15) is 0 Å². The van der Waals surface area contributed by atoms with Gasteiger partial charge in [0.1, 0.15) is 11.5 Å². The molecular weight excluding hydrogens is 268 g/mol. The Morgan fingerprint density at radius 2 is 2.14 bits per heavy atom. The van der Waals surface area contributed by atoms with E-state index in [-0.39, 0.29) is 24.3 Å². The van der Waals surface area contributed by atoms with Crippen LogP contribution in [0.3, 0.4) is 0 Å². The second kappa shape index (κ2) is 5.36. The zero-order valence-electron chi connectivity index (χ0n) is 11.6. The molecule has 1 atom stereocenters. The fourth-order valence-corrected chi connectivity index (χ4v) is 2.30. The second-order valence-electron chi connectivity index (χ2n) is 5.01. The van der Waals surface area contributed by atoms with Crippen molar-refractivity contribution < 1.29 is 14.6 Å². The molecule has 1 unspecified atom stereocenters. The van der Waals surface area contributed by atoms with Crippen LogP contribution in [0.15, 0.2) is 42.5 Å². The fraction of sp³-hybridized carbons (Fsp3) is 0.188. The Morgan fingerprint density at radius 1 is 1.29 bits per heavy atom. The highest BCUT2D eigenvalue weighted by atomic mass is 16.5. The Hall–Kier alpha value is -2.69. The minimum Gasteiger partial charge on any atom is -0.508 e. The van der Waals surface area contributed by atoms with Crippen molar-refractivity contribution >= 4 is 17.3 Å². The molecule has 1 aliphatic heterocycles. The number of carbonyl (C=O) groups is 1. The van der Waals surface area contributed by atoms with Crippen LogP contribution < -0.4 is 15.4 Å². The zero-order chi connectivity index (χ0) is 14.8. The molecule has 21 heavy (non-hydrogen) atoms. The quantitative estimate of drug-likeness (QED) is 0.810. The number of phenols is 1. The second-order valence-corrected chi connectivity index (χ2v) is 5.01. The Labute approximate surface area is 122 Å². The van der Waals surface area contributed by atoms with E-state index in [4.69, 9.17) is 4.74 Å². The number of amides is 1. The molecule has 1 amide bonds. The third-order valence-electron chi connectivity index (χ3n) is 3.37. The largest absolute Gasteiger partial charge is 0.508 e. The maximum Gasteiger partial charge on any atom is 0.262 e. The number of aromatic hydroxyl groups is 1. The first-order chi connectivity index (χ1) is 10.1. The van der Waals surface area contributed by atoms with Crippen molar-refractivity contribution in [2.75, 3.05) is 17.2 Å². The first kappa shape index (κ1) is 13.3. The number of carbonyl (C=O) groups excluding carboxylic acids is 1. The highest BCUT2D eigenvalue weighted by Crippen LogP contribution is 2.31. The van der Waals surface area contributed by atoms with Gasteiger partial charge in [0.15, 0.2) is 6.61 Å². The first-order valence-electron chi connectivity index (χ1n) is 6.74. The SMILES string of the molecule is CC(Nc1cccc(O)c1)c1ccc2c(c1)NC(=O)CO2. The summed E-state index contributed by atoms with van der Waals surface area (Å²) in [6.07, 6.45) is 0. The molecule has 3 N–H and O–H groups in total. The lowest BCUT2D eigenvalue weighted by Crippen LogP contribution is -2.25. The maximum atomic E-state index is 11.4. The molecule has 1 aliphatic rings. The predicted octanol–water partition coefficient (Wildman–Crippen LogP) is 2.90. The van der Waals surface area contributed by atoms with Gasteiger partial charge in [-0.3, -0.25) is 4.79 Å². The lowest BCUT2D eigenvalue weighted by molar-refractivity contribution is -0.118. The molecule has 0 saturated heterocycles. The molecule has 0 fully saturated rings. The van der Waals surface area contributed by atoms with E-state index in [0.717, 1.165) is 11.3 Å². The standard InChI is InChI=1S/C16H16N2O3/c1-10(17-12-3-2-4-13(19)8-12)11-5-6-15-14(7-11)18-16(20)9-21-15/h2-8,10,17,19H,9H2,1H3,(H,18,20). The van der Waals surface area contributed by atoms with Crippen molar-refractivity contribution in [3.8, 4) is 11.5 Å². The van der Waals surface area contributed by atoms with Crippen LogP contribution in [0.4, 0.5) is 11.4 Å².